The predicted molar refractivity (Wildman–Crippen MR) is 69.4 cm³/mol. The van der Waals surface area contributed by atoms with E-state index < -0.39 is 0 Å². The highest BCUT2D eigenvalue weighted by Crippen LogP contribution is 2.27. The van der Waals surface area contributed by atoms with E-state index in [1.807, 2.05) is 0 Å². The quantitative estimate of drug-likeness (QED) is 0.420. The van der Waals surface area contributed by atoms with Gasteiger partial charge in [-0.05, 0) is 31.6 Å². The molecule has 0 aromatic rings. The van der Waals surface area contributed by atoms with E-state index in [9.17, 15) is 0 Å². The van der Waals surface area contributed by atoms with Crippen molar-refractivity contribution in [2.75, 3.05) is 6.61 Å². The number of piperidine rings is 1. The lowest BCUT2D eigenvalue weighted by molar-refractivity contribution is -0.00288. The maximum Gasteiger partial charge on any atom is 0.0831 e. The topological polar surface area (TPSA) is 21.3 Å². The molecular formula is C13H25ClNO. The Morgan fingerprint density at radius 1 is 1.44 bits per heavy atom. The van der Waals surface area contributed by atoms with E-state index in [-0.39, 0.29) is 5.50 Å². The molecule has 1 aliphatic rings. The lowest BCUT2D eigenvalue weighted by atomic mass is 9.89. The third-order valence-corrected chi connectivity index (χ3v) is 3.46. The molecule has 0 aromatic heterocycles. The first-order valence-corrected chi connectivity index (χ1v) is 7.05. The number of halogens is 1. The summed E-state index contributed by atoms with van der Waals surface area (Å²) in [7, 11) is 0. The number of unbranched alkanes of at least 4 members (excludes halogenated alkanes) is 1. The van der Waals surface area contributed by atoms with Gasteiger partial charge < -0.3 is 4.74 Å². The van der Waals surface area contributed by atoms with Crippen molar-refractivity contribution in [3.8, 4) is 0 Å². The van der Waals surface area contributed by atoms with E-state index in [0.717, 1.165) is 25.9 Å². The van der Waals surface area contributed by atoms with Crippen LogP contribution >= 0.6 is 11.6 Å². The lowest BCUT2D eigenvalue weighted by Crippen LogP contribution is -2.37. The molecule has 1 N–H and O–H groups in total. The van der Waals surface area contributed by atoms with Crippen LogP contribution in [0.25, 0.3) is 0 Å². The lowest BCUT2D eigenvalue weighted by Gasteiger charge is -2.32. The minimum absolute atomic E-state index is 0.0906. The first-order chi connectivity index (χ1) is 7.77. The molecule has 1 rings (SSSR count). The van der Waals surface area contributed by atoms with Crippen LogP contribution in [-0.4, -0.2) is 18.2 Å². The van der Waals surface area contributed by atoms with Crippen LogP contribution < -0.4 is 5.32 Å². The smallest absolute Gasteiger partial charge is 0.0831 e. The van der Waals surface area contributed by atoms with Gasteiger partial charge in [0.15, 0.2) is 0 Å². The fraction of sp³-hybridized carbons (Fsp3) is 0.923. The van der Waals surface area contributed by atoms with Crippen molar-refractivity contribution in [1.29, 1.82) is 0 Å². The summed E-state index contributed by atoms with van der Waals surface area (Å²) >= 11 is 6.12. The van der Waals surface area contributed by atoms with E-state index in [0.29, 0.717) is 12.0 Å². The van der Waals surface area contributed by atoms with Gasteiger partial charge in [-0.15, -0.1) is 11.6 Å². The second-order valence-corrected chi connectivity index (χ2v) is 5.15. The monoisotopic (exact) mass is 246 g/mol. The summed E-state index contributed by atoms with van der Waals surface area (Å²) in [6.07, 6.45) is 7.22. The first-order valence-electron chi connectivity index (χ1n) is 6.61. The van der Waals surface area contributed by atoms with Gasteiger partial charge in [-0.3, -0.25) is 5.32 Å². The van der Waals surface area contributed by atoms with Crippen molar-refractivity contribution in [1.82, 2.24) is 5.32 Å². The molecule has 1 radical (unpaired) electrons. The van der Waals surface area contributed by atoms with Gasteiger partial charge in [-0.2, -0.15) is 0 Å². The van der Waals surface area contributed by atoms with Crippen LogP contribution in [0.4, 0.5) is 0 Å². The Bertz CT molecular complexity index is 177. The van der Waals surface area contributed by atoms with Gasteiger partial charge in [-0.1, -0.05) is 26.7 Å². The Labute approximate surface area is 105 Å². The molecule has 0 saturated carbocycles. The molecule has 3 unspecified atom stereocenters. The SMILES string of the molecule is CCCCOC(CCC)C1C[CH]NC(Cl)C1. The molecule has 0 aromatic carbocycles. The number of hydrogen-bond donors (Lipinski definition) is 1. The summed E-state index contributed by atoms with van der Waals surface area (Å²) in [5, 5.41) is 3.16. The molecule has 0 bridgehead atoms. The second kappa shape index (κ2) is 8.32. The second-order valence-electron chi connectivity index (χ2n) is 4.62. The van der Waals surface area contributed by atoms with Gasteiger partial charge in [0, 0.05) is 13.2 Å². The van der Waals surface area contributed by atoms with Crippen molar-refractivity contribution in [2.45, 2.75) is 64.0 Å². The van der Waals surface area contributed by atoms with Gasteiger partial charge in [0.25, 0.3) is 0 Å². The average Bonchev–Trinajstić information content (AvgIpc) is 2.28. The van der Waals surface area contributed by atoms with E-state index in [2.05, 4.69) is 25.7 Å². The standard InChI is InChI=1S/C13H25ClNO/c1-3-5-9-16-12(6-4-2)11-7-8-15-13(14)10-11/h8,11-13,15H,3-7,9-10H2,1-2H3. The minimum atomic E-state index is 0.0906. The molecule has 2 nitrogen and oxygen atoms in total. The normalized spacial score (nSPS) is 27.9. The molecule has 0 aliphatic carbocycles. The zero-order chi connectivity index (χ0) is 11.8. The van der Waals surface area contributed by atoms with Gasteiger partial charge in [0.05, 0.1) is 11.6 Å². The van der Waals surface area contributed by atoms with Crippen molar-refractivity contribution in [2.24, 2.45) is 5.92 Å². The van der Waals surface area contributed by atoms with Crippen LogP contribution in [0.2, 0.25) is 0 Å². The minimum Gasteiger partial charge on any atom is -0.378 e. The number of nitrogens with one attached hydrogen (secondary N) is 1. The van der Waals surface area contributed by atoms with Crippen LogP contribution in [0, 0.1) is 12.5 Å². The fourth-order valence-electron chi connectivity index (χ4n) is 2.20. The highest BCUT2D eigenvalue weighted by atomic mass is 35.5. The van der Waals surface area contributed by atoms with Gasteiger partial charge >= 0.3 is 0 Å². The van der Waals surface area contributed by atoms with Gasteiger partial charge in [-0.25, -0.2) is 0 Å². The van der Waals surface area contributed by atoms with Crippen molar-refractivity contribution < 1.29 is 4.74 Å². The van der Waals surface area contributed by atoms with Crippen LogP contribution in [0.1, 0.15) is 52.4 Å². The third kappa shape index (κ3) is 5.03. The van der Waals surface area contributed by atoms with Crippen LogP contribution in [0.3, 0.4) is 0 Å². The van der Waals surface area contributed by atoms with Crippen molar-refractivity contribution in [3.63, 3.8) is 0 Å². The number of rotatable bonds is 7. The number of hydrogen-bond acceptors (Lipinski definition) is 2. The molecular weight excluding hydrogens is 222 g/mol. The molecule has 0 amide bonds. The van der Waals surface area contributed by atoms with E-state index >= 15 is 0 Å². The Balaban J connectivity index is 2.34. The molecule has 1 fully saturated rings. The van der Waals surface area contributed by atoms with Crippen molar-refractivity contribution >= 4 is 11.6 Å². The number of alkyl halides is 1. The third-order valence-electron chi connectivity index (χ3n) is 3.16. The van der Waals surface area contributed by atoms with Crippen molar-refractivity contribution in [3.05, 3.63) is 6.54 Å². The Hall–Kier alpha value is 0.210. The first kappa shape index (κ1) is 14.3. The molecule has 1 heterocycles. The summed E-state index contributed by atoms with van der Waals surface area (Å²) in [5.41, 5.74) is 0.0906. The average molecular weight is 247 g/mol. The Morgan fingerprint density at radius 3 is 2.88 bits per heavy atom. The highest BCUT2D eigenvalue weighted by molar-refractivity contribution is 6.20. The van der Waals surface area contributed by atoms with Crippen LogP contribution in [-0.2, 0) is 4.74 Å². The van der Waals surface area contributed by atoms with Crippen LogP contribution in [0.15, 0.2) is 0 Å². The molecule has 1 aliphatic heterocycles. The molecule has 3 heteroatoms. The Morgan fingerprint density at radius 2 is 2.25 bits per heavy atom. The molecule has 3 atom stereocenters. The highest BCUT2D eigenvalue weighted by Gasteiger charge is 2.27. The summed E-state index contributed by atoms with van der Waals surface area (Å²) in [4.78, 5) is 0. The predicted octanol–water partition coefficient (Wildman–Crippen LogP) is 3.70. The maximum absolute atomic E-state index is 6.12. The van der Waals surface area contributed by atoms with E-state index in [1.54, 1.807) is 0 Å². The van der Waals surface area contributed by atoms with E-state index in [4.69, 9.17) is 16.3 Å². The summed E-state index contributed by atoms with van der Waals surface area (Å²) in [6, 6.07) is 0. The summed E-state index contributed by atoms with van der Waals surface area (Å²) < 4.78 is 6.00. The zero-order valence-corrected chi connectivity index (χ0v) is 11.3. The maximum atomic E-state index is 6.12. The number of ether oxygens (including phenoxy) is 1. The molecule has 0 spiro atoms. The van der Waals surface area contributed by atoms with Gasteiger partial charge in [0.1, 0.15) is 0 Å². The summed E-state index contributed by atoms with van der Waals surface area (Å²) in [5.74, 6) is 0.598. The summed E-state index contributed by atoms with van der Waals surface area (Å²) in [6.45, 7) is 7.42. The molecule has 95 valence electrons. The fourth-order valence-corrected chi connectivity index (χ4v) is 2.52. The molecule has 16 heavy (non-hydrogen) atoms. The molecule has 1 saturated heterocycles. The van der Waals surface area contributed by atoms with E-state index in [1.165, 1.54) is 19.3 Å². The van der Waals surface area contributed by atoms with Crippen LogP contribution in [0.5, 0.6) is 0 Å². The zero-order valence-electron chi connectivity index (χ0n) is 10.5. The van der Waals surface area contributed by atoms with Gasteiger partial charge in [0.2, 0.25) is 0 Å². The largest absolute Gasteiger partial charge is 0.378 e. The Kier molecular flexibility index (Phi) is 7.42.